The molecular weight excluding hydrogens is 458 g/mol. The Labute approximate surface area is 201 Å². The molecule has 2 N–H and O–H groups in total. The molecule has 0 radical (unpaired) electrons. The number of amides is 3. The second kappa shape index (κ2) is 10.5. The molecule has 0 unspecified atom stereocenters. The Balaban J connectivity index is 1.47. The second-order valence-electron chi connectivity index (χ2n) is 7.72. The first-order valence-electron chi connectivity index (χ1n) is 10.8. The van der Waals surface area contributed by atoms with Gasteiger partial charge in [0.25, 0.3) is 5.56 Å². The maximum Gasteiger partial charge on any atom is 0.322 e. The van der Waals surface area contributed by atoms with E-state index in [1.54, 1.807) is 54.7 Å². The van der Waals surface area contributed by atoms with Gasteiger partial charge in [0.05, 0.1) is 18.0 Å². The van der Waals surface area contributed by atoms with Crippen LogP contribution >= 0.6 is 11.6 Å². The number of hydrogen-bond acceptors (Lipinski definition) is 5. The van der Waals surface area contributed by atoms with Crippen molar-refractivity contribution in [1.82, 2.24) is 14.5 Å². The van der Waals surface area contributed by atoms with Gasteiger partial charge < -0.3 is 20.3 Å². The van der Waals surface area contributed by atoms with Gasteiger partial charge in [0.15, 0.2) is 0 Å². The lowest BCUT2D eigenvalue weighted by Crippen LogP contribution is -2.45. The van der Waals surface area contributed by atoms with Gasteiger partial charge in [0.1, 0.15) is 11.9 Å². The van der Waals surface area contributed by atoms with Crippen molar-refractivity contribution in [2.75, 3.05) is 23.8 Å². The van der Waals surface area contributed by atoms with Crippen LogP contribution in [-0.4, -0.2) is 51.7 Å². The molecule has 176 valence electrons. The van der Waals surface area contributed by atoms with E-state index in [4.69, 9.17) is 16.3 Å². The number of ether oxygens (including phenoxy) is 1. The molecule has 1 aliphatic rings. The van der Waals surface area contributed by atoms with Crippen LogP contribution in [0.1, 0.15) is 13.3 Å². The number of carbonyl (C=O) groups excluding carboxylic acids is 2. The van der Waals surface area contributed by atoms with Crippen molar-refractivity contribution in [1.29, 1.82) is 0 Å². The van der Waals surface area contributed by atoms with Crippen LogP contribution in [0.2, 0.25) is 5.02 Å². The van der Waals surface area contributed by atoms with E-state index >= 15 is 0 Å². The highest BCUT2D eigenvalue weighted by atomic mass is 35.5. The summed E-state index contributed by atoms with van der Waals surface area (Å²) in [6, 6.07) is 13.7. The van der Waals surface area contributed by atoms with Crippen LogP contribution in [0.4, 0.5) is 16.3 Å². The van der Waals surface area contributed by atoms with E-state index < -0.39 is 12.1 Å². The van der Waals surface area contributed by atoms with Crippen molar-refractivity contribution in [2.24, 2.45) is 0 Å². The summed E-state index contributed by atoms with van der Waals surface area (Å²) >= 11 is 5.91. The summed E-state index contributed by atoms with van der Waals surface area (Å²) in [5.41, 5.74) is 0.961. The van der Waals surface area contributed by atoms with Crippen molar-refractivity contribution in [3.05, 3.63) is 82.4 Å². The van der Waals surface area contributed by atoms with Gasteiger partial charge in [-0.1, -0.05) is 17.7 Å². The number of nitrogens with zero attached hydrogens (tertiary/aromatic N) is 3. The Bertz CT molecular complexity index is 1210. The summed E-state index contributed by atoms with van der Waals surface area (Å²) in [7, 11) is 0. The topological polar surface area (TPSA) is 106 Å². The number of benzene rings is 1. The summed E-state index contributed by atoms with van der Waals surface area (Å²) in [6.07, 6.45) is 3.25. The van der Waals surface area contributed by atoms with Gasteiger partial charge >= 0.3 is 6.03 Å². The number of rotatable bonds is 6. The number of halogens is 1. The molecule has 0 aliphatic carbocycles. The van der Waals surface area contributed by atoms with Gasteiger partial charge in [-0.2, -0.15) is 0 Å². The molecule has 2 aromatic heterocycles. The van der Waals surface area contributed by atoms with Gasteiger partial charge in [0.2, 0.25) is 5.91 Å². The van der Waals surface area contributed by atoms with Crippen LogP contribution < -0.4 is 16.2 Å². The van der Waals surface area contributed by atoms with Crippen LogP contribution in [0, 0.1) is 0 Å². The van der Waals surface area contributed by atoms with E-state index in [0.29, 0.717) is 35.2 Å². The van der Waals surface area contributed by atoms with E-state index in [1.165, 1.54) is 21.7 Å². The number of carbonyl (C=O) groups is 2. The number of anilines is 2. The highest BCUT2D eigenvalue weighted by Crippen LogP contribution is 2.24. The largest absolute Gasteiger partial charge is 0.377 e. The lowest BCUT2D eigenvalue weighted by Gasteiger charge is -2.24. The Morgan fingerprint density at radius 1 is 1.12 bits per heavy atom. The number of pyridine rings is 2. The molecule has 34 heavy (non-hydrogen) atoms. The first-order valence-corrected chi connectivity index (χ1v) is 11.2. The van der Waals surface area contributed by atoms with Gasteiger partial charge in [-0.25, -0.2) is 9.78 Å². The number of aromatic nitrogens is 2. The molecule has 0 bridgehead atoms. The van der Waals surface area contributed by atoms with Crippen molar-refractivity contribution < 1.29 is 14.3 Å². The van der Waals surface area contributed by atoms with Gasteiger partial charge in [0, 0.05) is 42.5 Å². The quantitative estimate of drug-likeness (QED) is 0.560. The van der Waals surface area contributed by atoms with Crippen LogP contribution in [0.25, 0.3) is 5.69 Å². The van der Waals surface area contributed by atoms with Crippen LogP contribution in [-0.2, 0) is 9.53 Å². The summed E-state index contributed by atoms with van der Waals surface area (Å²) in [5, 5.41) is 6.12. The van der Waals surface area contributed by atoms with Crippen LogP contribution in [0.5, 0.6) is 0 Å². The summed E-state index contributed by atoms with van der Waals surface area (Å²) in [6.45, 7) is 2.64. The fraction of sp³-hybridized carbons (Fsp3) is 0.250. The van der Waals surface area contributed by atoms with Crippen molar-refractivity contribution in [2.45, 2.75) is 25.5 Å². The molecule has 1 fully saturated rings. The third-order valence-electron chi connectivity index (χ3n) is 5.42. The van der Waals surface area contributed by atoms with Crippen LogP contribution in [0.3, 0.4) is 0 Å². The number of nitrogens with one attached hydrogen (secondary N) is 2. The van der Waals surface area contributed by atoms with Gasteiger partial charge in [-0.15, -0.1) is 0 Å². The summed E-state index contributed by atoms with van der Waals surface area (Å²) in [5.74, 6) is -0.0544. The first-order chi connectivity index (χ1) is 16.4. The van der Waals surface area contributed by atoms with E-state index in [0.717, 1.165) is 0 Å². The lowest BCUT2D eigenvalue weighted by molar-refractivity contribution is -0.119. The normalized spacial score (nSPS) is 17.4. The number of hydrogen-bond donors (Lipinski definition) is 2. The predicted octanol–water partition coefficient (Wildman–Crippen LogP) is 3.54. The SMILES string of the molecule is CCO[C@@H]1C[C@H](C(=O)Nc2ccc(-n3ccccc3=O)cn2)N(C(=O)Nc2ccc(Cl)cc2)C1. The zero-order chi connectivity index (χ0) is 24.1. The van der Waals surface area contributed by atoms with E-state index in [9.17, 15) is 14.4 Å². The average Bonchev–Trinajstić information content (AvgIpc) is 3.26. The summed E-state index contributed by atoms with van der Waals surface area (Å²) in [4.78, 5) is 43.7. The molecule has 0 saturated carbocycles. The van der Waals surface area contributed by atoms with E-state index in [1.807, 2.05) is 6.92 Å². The molecule has 10 heteroatoms. The second-order valence-corrected chi connectivity index (χ2v) is 8.15. The third-order valence-corrected chi connectivity index (χ3v) is 5.68. The Morgan fingerprint density at radius 2 is 1.91 bits per heavy atom. The minimum absolute atomic E-state index is 0.184. The summed E-state index contributed by atoms with van der Waals surface area (Å²) < 4.78 is 7.14. The zero-order valence-electron chi connectivity index (χ0n) is 18.5. The predicted molar refractivity (Wildman–Crippen MR) is 129 cm³/mol. The minimum atomic E-state index is -0.734. The average molecular weight is 482 g/mol. The molecule has 1 aromatic carbocycles. The standard InChI is InChI=1S/C24H24ClN5O4/c1-2-34-19-13-20(30(15-19)24(33)27-17-8-6-16(25)7-9-17)23(32)28-21-11-10-18(14-26-21)29-12-4-3-5-22(29)31/h3-12,14,19-20H,2,13,15H2,1H3,(H,27,33)(H,26,28,32)/t19-,20-/m1/s1. The maximum absolute atomic E-state index is 13.1. The number of urea groups is 1. The first kappa shape index (κ1) is 23.5. The Kier molecular flexibility index (Phi) is 7.24. The fourth-order valence-electron chi connectivity index (χ4n) is 3.81. The maximum atomic E-state index is 13.1. The molecule has 2 atom stereocenters. The fourth-order valence-corrected chi connectivity index (χ4v) is 3.93. The molecule has 9 nitrogen and oxygen atoms in total. The highest BCUT2D eigenvalue weighted by molar-refractivity contribution is 6.30. The Hall–Kier alpha value is -3.69. The molecule has 1 aliphatic heterocycles. The Morgan fingerprint density at radius 3 is 2.59 bits per heavy atom. The highest BCUT2D eigenvalue weighted by Gasteiger charge is 2.40. The molecule has 4 rings (SSSR count). The number of likely N-dealkylation sites (tertiary alicyclic amines) is 1. The molecule has 1 saturated heterocycles. The monoisotopic (exact) mass is 481 g/mol. The third kappa shape index (κ3) is 5.44. The lowest BCUT2D eigenvalue weighted by atomic mass is 10.2. The smallest absolute Gasteiger partial charge is 0.322 e. The van der Waals surface area contributed by atoms with Crippen LogP contribution in [0.15, 0.2) is 71.8 Å². The van der Waals surface area contributed by atoms with Gasteiger partial charge in [-0.05, 0) is 49.4 Å². The molecule has 0 spiro atoms. The van der Waals surface area contributed by atoms with Crippen molar-refractivity contribution >= 4 is 35.0 Å². The molecule has 3 amide bonds. The molecule has 3 heterocycles. The van der Waals surface area contributed by atoms with Gasteiger partial charge in [-0.3, -0.25) is 14.2 Å². The van der Waals surface area contributed by atoms with E-state index in [-0.39, 0.29) is 24.1 Å². The van der Waals surface area contributed by atoms with Crippen molar-refractivity contribution in [3.63, 3.8) is 0 Å². The minimum Gasteiger partial charge on any atom is -0.377 e. The van der Waals surface area contributed by atoms with Crippen molar-refractivity contribution in [3.8, 4) is 5.69 Å². The molecule has 3 aromatic rings. The molecular formula is C24H24ClN5O4. The zero-order valence-corrected chi connectivity index (χ0v) is 19.2. The van der Waals surface area contributed by atoms with E-state index in [2.05, 4.69) is 15.6 Å².